The van der Waals surface area contributed by atoms with E-state index in [9.17, 15) is 5.11 Å². The molecule has 1 fully saturated rings. The highest BCUT2D eigenvalue weighted by atomic mass is 79.9. The minimum absolute atomic E-state index is 0.185. The van der Waals surface area contributed by atoms with Crippen molar-refractivity contribution >= 4 is 37.7 Å². The van der Waals surface area contributed by atoms with Crippen molar-refractivity contribution in [3.8, 4) is 0 Å². The first kappa shape index (κ1) is 12.3. The minimum Gasteiger partial charge on any atom is -0.394 e. The third-order valence-corrected chi connectivity index (χ3v) is 4.15. The molecular weight excluding hydrogens is 336 g/mol. The zero-order valence-corrected chi connectivity index (χ0v) is 12.2. The van der Waals surface area contributed by atoms with Gasteiger partial charge in [0.2, 0.25) is 0 Å². The lowest BCUT2D eigenvalue weighted by molar-refractivity contribution is 0.244. The lowest BCUT2D eigenvalue weighted by Gasteiger charge is -2.27. The van der Waals surface area contributed by atoms with Crippen molar-refractivity contribution in [2.24, 2.45) is 5.92 Å². The summed E-state index contributed by atoms with van der Waals surface area (Å²) in [4.78, 5) is 6.60. The lowest BCUT2D eigenvalue weighted by Crippen LogP contribution is -2.35. The Hall–Kier alpha value is -0.130. The molecule has 0 aromatic carbocycles. The van der Waals surface area contributed by atoms with Crippen LogP contribution in [0.1, 0.15) is 13.3 Å². The maximum Gasteiger partial charge on any atom is 0.143 e. The van der Waals surface area contributed by atoms with Gasteiger partial charge in [0.25, 0.3) is 0 Å². The second-order valence-electron chi connectivity index (χ2n) is 4.17. The summed E-state index contributed by atoms with van der Waals surface area (Å²) >= 11 is 6.91. The molecule has 1 aliphatic heterocycles. The number of aromatic nitrogens is 1. The molecule has 2 unspecified atom stereocenters. The van der Waals surface area contributed by atoms with Gasteiger partial charge in [0.1, 0.15) is 5.82 Å². The van der Waals surface area contributed by atoms with Gasteiger partial charge in [-0.2, -0.15) is 0 Å². The first-order valence-corrected chi connectivity index (χ1v) is 6.90. The molecule has 1 aromatic rings. The Morgan fingerprint density at radius 2 is 2.31 bits per heavy atom. The fourth-order valence-electron chi connectivity index (χ4n) is 2.17. The molecule has 1 saturated heterocycles. The smallest absolute Gasteiger partial charge is 0.143 e. The van der Waals surface area contributed by atoms with E-state index in [0.717, 1.165) is 27.7 Å². The molecule has 1 aliphatic rings. The fourth-order valence-corrected chi connectivity index (χ4v) is 3.38. The number of halogens is 2. The molecule has 16 heavy (non-hydrogen) atoms. The predicted octanol–water partition coefficient (Wildman–Crippen LogP) is 2.81. The summed E-state index contributed by atoms with van der Waals surface area (Å²) in [5, 5.41) is 9.42. The highest BCUT2D eigenvalue weighted by Crippen LogP contribution is 2.33. The summed E-state index contributed by atoms with van der Waals surface area (Å²) in [5.41, 5.74) is 0. The molecule has 5 heteroatoms. The largest absolute Gasteiger partial charge is 0.394 e. The molecule has 2 rings (SSSR count). The van der Waals surface area contributed by atoms with Gasteiger partial charge in [-0.05, 0) is 50.3 Å². The molecule has 2 heterocycles. The number of aliphatic hydroxyl groups excluding tert-OH is 1. The summed E-state index contributed by atoms with van der Waals surface area (Å²) in [6.45, 7) is 3.32. The number of rotatable bonds is 2. The number of aliphatic hydroxyl groups is 1. The molecule has 3 nitrogen and oxygen atoms in total. The third-order valence-electron chi connectivity index (χ3n) is 3.13. The first-order chi connectivity index (χ1) is 7.63. The number of nitrogens with zero attached hydrogens (tertiary/aromatic N) is 2. The van der Waals surface area contributed by atoms with Gasteiger partial charge >= 0.3 is 0 Å². The molecule has 0 bridgehead atoms. The fraction of sp³-hybridized carbons (Fsp3) is 0.545. The quantitative estimate of drug-likeness (QED) is 0.891. The van der Waals surface area contributed by atoms with Gasteiger partial charge in [0, 0.05) is 17.2 Å². The Morgan fingerprint density at radius 1 is 1.56 bits per heavy atom. The lowest BCUT2D eigenvalue weighted by atomic mass is 10.0. The highest BCUT2D eigenvalue weighted by molar-refractivity contribution is 9.11. The van der Waals surface area contributed by atoms with Gasteiger partial charge in [-0.15, -0.1) is 0 Å². The van der Waals surface area contributed by atoms with Gasteiger partial charge in [0.05, 0.1) is 17.1 Å². The molecule has 1 aromatic heterocycles. The average Bonchev–Trinajstić information content (AvgIpc) is 2.59. The van der Waals surface area contributed by atoms with Gasteiger partial charge in [-0.25, -0.2) is 4.98 Å². The Morgan fingerprint density at radius 3 is 2.94 bits per heavy atom. The van der Waals surface area contributed by atoms with Crippen molar-refractivity contribution in [2.75, 3.05) is 18.1 Å². The normalized spacial score (nSPS) is 25.1. The number of anilines is 1. The van der Waals surface area contributed by atoms with Gasteiger partial charge < -0.3 is 10.0 Å². The van der Waals surface area contributed by atoms with Crippen molar-refractivity contribution in [1.82, 2.24) is 4.98 Å². The van der Waals surface area contributed by atoms with Crippen LogP contribution in [-0.4, -0.2) is 29.3 Å². The Labute approximate surface area is 112 Å². The van der Waals surface area contributed by atoms with E-state index in [4.69, 9.17) is 0 Å². The minimum atomic E-state index is 0.185. The SMILES string of the molecule is CC1CCN(c2ncc(Br)cc2Br)C1CO. The molecular formula is C11H14Br2N2O. The molecule has 0 radical (unpaired) electrons. The van der Waals surface area contributed by atoms with E-state index in [1.54, 1.807) is 6.20 Å². The van der Waals surface area contributed by atoms with Crippen LogP contribution in [0.15, 0.2) is 21.2 Å². The monoisotopic (exact) mass is 348 g/mol. The maximum atomic E-state index is 9.42. The molecule has 0 amide bonds. The third kappa shape index (κ3) is 2.26. The van der Waals surface area contributed by atoms with E-state index in [0.29, 0.717) is 5.92 Å². The van der Waals surface area contributed by atoms with Crippen LogP contribution in [0.5, 0.6) is 0 Å². The average molecular weight is 350 g/mol. The van der Waals surface area contributed by atoms with E-state index < -0.39 is 0 Å². The van der Waals surface area contributed by atoms with E-state index in [1.165, 1.54) is 0 Å². The molecule has 1 N–H and O–H groups in total. The molecule has 88 valence electrons. The van der Waals surface area contributed by atoms with Gasteiger partial charge in [-0.3, -0.25) is 0 Å². The Bertz CT molecular complexity index is 386. The van der Waals surface area contributed by atoms with Gasteiger partial charge in [-0.1, -0.05) is 6.92 Å². The van der Waals surface area contributed by atoms with E-state index in [1.807, 2.05) is 6.07 Å². The van der Waals surface area contributed by atoms with Gasteiger partial charge in [0.15, 0.2) is 0 Å². The zero-order chi connectivity index (χ0) is 11.7. The van der Waals surface area contributed by atoms with Crippen molar-refractivity contribution in [2.45, 2.75) is 19.4 Å². The van der Waals surface area contributed by atoms with Crippen molar-refractivity contribution in [1.29, 1.82) is 0 Å². The Kier molecular flexibility index (Phi) is 3.87. The van der Waals surface area contributed by atoms with Crippen LogP contribution >= 0.6 is 31.9 Å². The van der Waals surface area contributed by atoms with Crippen LogP contribution in [-0.2, 0) is 0 Å². The van der Waals surface area contributed by atoms with E-state index in [2.05, 4.69) is 48.7 Å². The maximum absolute atomic E-state index is 9.42. The van der Waals surface area contributed by atoms with Crippen LogP contribution in [0, 0.1) is 5.92 Å². The number of hydrogen-bond donors (Lipinski definition) is 1. The molecule has 2 atom stereocenters. The molecule has 0 saturated carbocycles. The van der Waals surface area contributed by atoms with Crippen LogP contribution in [0.2, 0.25) is 0 Å². The summed E-state index contributed by atoms with van der Waals surface area (Å²) in [6, 6.07) is 2.17. The van der Waals surface area contributed by atoms with Crippen molar-refractivity contribution < 1.29 is 5.11 Å². The Balaban J connectivity index is 2.30. The van der Waals surface area contributed by atoms with E-state index in [-0.39, 0.29) is 12.6 Å². The van der Waals surface area contributed by atoms with Crippen LogP contribution < -0.4 is 4.90 Å². The summed E-state index contributed by atoms with van der Waals surface area (Å²) in [7, 11) is 0. The predicted molar refractivity (Wildman–Crippen MR) is 71.6 cm³/mol. The molecule has 0 aliphatic carbocycles. The second kappa shape index (κ2) is 5.02. The standard InChI is InChI=1S/C11H14Br2N2O/c1-7-2-3-15(10(7)6-16)11-9(13)4-8(12)5-14-11/h4-5,7,10,16H,2-3,6H2,1H3. The second-order valence-corrected chi connectivity index (χ2v) is 5.94. The summed E-state index contributed by atoms with van der Waals surface area (Å²) in [5.74, 6) is 1.44. The topological polar surface area (TPSA) is 36.4 Å². The zero-order valence-electron chi connectivity index (χ0n) is 9.03. The van der Waals surface area contributed by atoms with Crippen LogP contribution in [0.4, 0.5) is 5.82 Å². The highest BCUT2D eigenvalue weighted by Gasteiger charge is 2.32. The van der Waals surface area contributed by atoms with Crippen molar-refractivity contribution in [3.63, 3.8) is 0 Å². The van der Waals surface area contributed by atoms with Crippen LogP contribution in [0.25, 0.3) is 0 Å². The van der Waals surface area contributed by atoms with E-state index >= 15 is 0 Å². The molecule has 0 spiro atoms. The summed E-state index contributed by atoms with van der Waals surface area (Å²) < 4.78 is 1.92. The first-order valence-electron chi connectivity index (χ1n) is 5.32. The van der Waals surface area contributed by atoms with Crippen molar-refractivity contribution in [3.05, 3.63) is 21.2 Å². The van der Waals surface area contributed by atoms with Crippen LogP contribution in [0.3, 0.4) is 0 Å². The number of pyridine rings is 1. The number of hydrogen-bond acceptors (Lipinski definition) is 3. The summed E-state index contributed by atoms with van der Waals surface area (Å²) in [6.07, 6.45) is 2.90.